The van der Waals surface area contributed by atoms with Crippen LogP contribution in [0.25, 0.3) is 21.1 Å². The molecule has 106 valence electrons. The highest BCUT2D eigenvalue weighted by molar-refractivity contribution is 7.15. The molecule has 0 saturated carbocycles. The molecule has 0 aliphatic carbocycles. The molecular weight excluding hydrogens is 309 g/mol. The SMILES string of the molecule is Cc1ccc(-c2nc(-c3cc(C(=O)O)cs3)cs2)cc1F. The molecule has 0 aliphatic heterocycles. The van der Waals surface area contributed by atoms with E-state index in [9.17, 15) is 9.18 Å². The fourth-order valence-corrected chi connectivity index (χ4v) is 3.56. The topological polar surface area (TPSA) is 50.2 Å². The van der Waals surface area contributed by atoms with Crippen LogP contribution in [-0.4, -0.2) is 16.1 Å². The summed E-state index contributed by atoms with van der Waals surface area (Å²) in [5, 5.41) is 13.1. The molecule has 0 spiro atoms. The Hall–Kier alpha value is -2.05. The summed E-state index contributed by atoms with van der Waals surface area (Å²) in [5.74, 6) is -1.21. The lowest BCUT2D eigenvalue weighted by molar-refractivity contribution is 0.0697. The van der Waals surface area contributed by atoms with E-state index in [0.717, 1.165) is 10.4 Å². The number of benzene rings is 1. The summed E-state index contributed by atoms with van der Waals surface area (Å²) in [4.78, 5) is 16.1. The fourth-order valence-electron chi connectivity index (χ4n) is 1.83. The lowest BCUT2D eigenvalue weighted by Gasteiger charge is -1.99. The van der Waals surface area contributed by atoms with Crippen LogP contribution in [-0.2, 0) is 0 Å². The summed E-state index contributed by atoms with van der Waals surface area (Å²) in [5.41, 5.74) is 2.30. The van der Waals surface area contributed by atoms with Crippen LogP contribution in [0.4, 0.5) is 4.39 Å². The van der Waals surface area contributed by atoms with Gasteiger partial charge >= 0.3 is 5.97 Å². The molecule has 1 N–H and O–H groups in total. The first kappa shape index (κ1) is 13.9. The molecule has 0 radical (unpaired) electrons. The minimum atomic E-state index is -0.950. The molecule has 0 bridgehead atoms. The molecule has 0 fully saturated rings. The van der Waals surface area contributed by atoms with Gasteiger partial charge in [-0.05, 0) is 24.6 Å². The summed E-state index contributed by atoms with van der Waals surface area (Å²) in [6, 6.07) is 6.62. The van der Waals surface area contributed by atoms with Crippen molar-refractivity contribution >= 4 is 28.6 Å². The van der Waals surface area contributed by atoms with Crippen molar-refractivity contribution in [3.63, 3.8) is 0 Å². The van der Waals surface area contributed by atoms with Gasteiger partial charge in [0.1, 0.15) is 10.8 Å². The van der Waals surface area contributed by atoms with Crippen LogP contribution in [0, 0.1) is 12.7 Å². The number of carbonyl (C=O) groups is 1. The number of thiazole rings is 1. The minimum absolute atomic E-state index is 0.255. The summed E-state index contributed by atoms with van der Waals surface area (Å²) >= 11 is 2.75. The van der Waals surface area contributed by atoms with Crippen molar-refractivity contribution < 1.29 is 14.3 Å². The number of carboxylic acids is 1. The molecular formula is C15H10FNO2S2. The predicted octanol–water partition coefficient (Wildman–Crippen LogP) is 4.68. The number of thiophene rings is 1. The van der Waals surface area contributed by atoms with Crippen molar-refractivity contribution in [1.82, 2.24) is 4.98 Å². The van der Waals surface area contributed by atoms with Gasteiger partial charge in [0.25, 0.3) is 0 Å². The Balaban J connectivity index is 1.95. The molecule has 1 aromatic carbocycles. The third kappa shape index (κ3) is 2.72. The molecule has 3 nitrogen and oxygen atoms in total. The van der Waals surface area contributed by atoms with E-state index in [2.05, 4.69) is 4.98 Å². The number of rotatable bonds is 3. The monoisotopic (exact) mass is 319 g/mol. The molecule has 6 heteroatoms. The standard InChI is InChI=1S/C15H10FNO2S2/c1-8-2-3-9(4-11(8)16)14-17-12(7-21-14)13-5-10(6-20-13)15(18)19/h2-7H,1H3,(H,18,19). The van der Waals surface area contributed by atoms with E-state index in [4.69, 9.17) is 5.11 Å². The van der Waals surface area contributed by atoms with Gasteiger partial charge in [0.05, 0.1) is 16.1 Å². The van der Waals surface area contributed by atoms with Crippen LogP contribution < -0.4 is 0 Å². The first-order valence-corrected chi connectivity index (χ1v) is 7.85. The van der Waals surface area contributed by atoms with Crippen molar-refractivity contribution in [2.45, 2.75) is 6.92 Å². The van der Waals surface area contributed by atoms with Gasteiger partial charge in [-0.1, -0.05) is 12.1 Å². The van der Waals surface area contributed by atoms with Crippen molar-refractivity contribution in [3.8, 4) is 21.1 Å². The maximum Gasteiger partial charge on any atom is 0.336 e. The molecule has 3 rings (SSSR count). The molecule has 0 unspecified atom stereocenters. The Labute approximate surface area is 128 Å². The smallest absolute Gasteiger partial charge is 0.336 e. The zero-order chi connectivity index (χ0) is 15.0. The minimum Gasteiger partial charge on any atom is -0.478 e. The summed E-state index contributed by atoms with van der Waals surface area (Å²) in [6.07, 6.45) is 0. The lowest BCUT2D eigenvalue weighted by atomic mass is 10.1. The van der Waals surface area contributed by atoms with Crippen molar-refractivity contribution in [1.29, 1.82) is 0 Å². The third-order valence-corrected chi connectivity index (χ3v) is 4.87. The van der Waals surface area contributed by atoms with Crippen molar-refractivity contribution in [2.24, 2.45) is 0 Å². The van der Waals surface area contributed by atoms with Crippen LogP contribution in [0.3, 0.4) is 0 Å². The molecule has 0 atom stereocenters. The molecule has 0 saturated heterocycles. The van der Waals surface area contributed by atoms with Gasteiger partial charge in [0.2, 0.25) is 0 Å². The fraction of sp³-hybridized carbons (Fsp3) is 0.0667. The molecule has 3 aromatic rings. The van der Waals surface area contributed by atoms with Gasteiger partial charge in [-0.15, -0.1) is 22.7 Å². The molecule has 0 aliphatic rings. The Morgan fingerprint density at radius 3 is 2.71 bits per heavy atom. The van der Waals surface area contributed by atoms with E-state index in [0.29, 0.717) is 16.3 Å². The highest BCUT2D eigenvalue weighted by atomic mass is 32.1. The Morgan fingerprint density at radius 1 is 1.24 bits per heavy atom. The van der Waals surface area contributed by atoms with Gasteiger partial charge < -0.3 is 5.11 Å². The van der Waals surface area contributed by atoms with Gasteiger partial charge in [-0.25, -0.2) is 14.2 Å². The highest BCUT2D eigenvalue weighted by Gasteiger charge is 2.12. The largest absolute Gasteiger partial charge is 0.478 e. The summed E-state index contributed by atoms with van der Waals surface area (Å²) in [7, 11) is 0. The zero-order valence-corrected chi connectivity index (χ0v) is 12.6. The van der Waals surface area contributed by atoms with E-state index in [1.807, 2.05) is 11.4 Å². The van der Waals surface area contributed by atoms with Crippen LogP contribution in [0.15, 0.2) is 35.0 Å². The summed E-state index contributed by atoms with van der Waals surface area (Å²) < 4.78 is 13.6. The number of nitrogens with zero attached hydrogens (tertiary/aromatic N) is 1. The van der Waals surface area contributed by atoms with E-state index in [1.54, 1.807) is 24.4 Å². The number of hydrogen-bond donors (Lipinski definition) is 1. The number of aromatic nitrogens is 1. The van der Waals surface area contributed by atoms with E-state index in [1.165, 1.54) is 28.7 Å². The molecule has 2 heterocycles. The first-order chi connectivity index (χ1) is 10.0. The normalized spacial score (nSPS) is 10.8. The van der Waals surface area contributed by atoms with Crippen molar-refractivity contribution in [2.75, 3.05) is 0 Å². The number of hydrogen-bond acceptors (Lipinski definition) is 4. The van der Waals surface area contributed by atoms with Gasteiger partial charge in [-0.2, -0.15) is 0 Å². The predicted molar refractivity (Wildman–Crippen MR) is 82.5 cm³/mol. The van der Waals surface area contributed by atoms with Crippen LogP contribution in [0.2, 0.25) is 0 Å². The van der Waals surface area contributed by atoms with Crippen LogP contribution >= 0.6 is 22.7 Å². The number of carboxylic acid groups (broad SMARTS) is 1. The van der Waals surface area contributed by atoms with E-state index < -0.39 is 5.97 Å². The number of aromatic carboxylic acids is 1. The van der Waals surface area contributed by atoms with Gasteiger partial charge in [0.15, 0.2) is 0 Å². The lowest BCUT2D eigenvalue weighted by Crippen LogP contribution is -1.91. The molecule has 2 aromatic heterocycles. The van der Waals surface area contributed by atoms with Crippen LogP contribution in [0.1, 0.15) is 15.9 Å². The third-order valence-electron chi connectivity index (χ3n) is 3.02. The maximum atomic E-state index is 13.6. The number of halogens is 1. The maximum absolute atomic E-state index is 13.6. The Morgan fingerprint density at radius 2 is 2.05 bits per heavy atom. The van der Waals surface area contributed by atoms with Crippen LogP contribution in [0.5, 0.6) is 0 Å². The van der Waals surface area contributed by atoms with E-state index in [-0.39, 0.29) is 11.4 Å². The quantitative estimate of drug-likeness (QED) is 0.762. The average molecular weight is 319 g/mol. The average Bonchev–Trinajstić information content (AvgIpc) is 3.09. The molecule has 0 amide bonds. The second-order valence-electron chi connectivity index (χ2n) is 4.51. The second-order valence-corrected chi connectivity index (χ2v) is 6.28. The Bertz CT molecular complexity index is 823. The van der Waals surface area contributed by atoms with Gasteiger partial charge in [0, 0.05) is 16.3 Å². The zero-order valence-electron chi connectivity index (χ0n) is 11.0. The van der Waals surface area contributed by atoms with E-state index >= 15 is 0 Å². The van der Waals surface area contributed by atoms with Crippen molar-refractivity contribution in [3.05, 3.63) is 52.0 Å². The van der Waals surface area contributed by atoms with Gasteiger partial charge in [-0.3, -0.25) is 0 Å². The summed E-state index contributed by atoms with van der Waals surface area (Å²) in [6.45, 7) is 1.71. The number of aryl methyl sites for hydroxylation is 1. The first-order valence-electron chi connectivity index (χ1n) is 6.09. The highest BCUT2D eigenvalue weighted by Crippen LogP contribution is 2.32. The second kappa shape index (κ2) is 5.38. The Kier molecular flexibility index (Phi) is 3.57. The molecule has 21 heavy (non-hydrogen) atoms.